The monoisotopic (exact) mass is 689 g/mol. The van der Waals surface area contributed by atoms with Crippen LogP contribution in [0.2, 0.25) is 5.02 Å². The zero-order valence-corrected chi connectivity index (χ0v) is 27.5. The van der Waals surface area contributed by atoms with Gasteiger partial charge in [0.2, 0.25) is 11.8 Å². The summed E-state index contributed by atoms with van der Waals surface area (Å²) in [4.78, 5) is 29.0. The predicted octanol–water partition coefficient (Wildman–Crippen LogP) is 6.56. The molecule has 0 spiro atoms. The molecule has 4 rings (SSSR count). The van der Waals surface area contributed by atoms with Gasteiger partial charge in [-0.05, 0) is 92.9 Å². The van der Waals surface area contributed by atoms with Crippen molar-refractivity contribution >= 4 is 55.1 Å². The fourth-order valence-electron chi connectivity index (χ4n) is 5.12. The van der Waals surface area contributed by atoms with E-state index in [1.54, 1.807) is 31.2 Å². The minimum atomic E-state index is -4.19. The fraction of sp³-hybridized carbons (Fsp3) is 0.375. The van der Waals surface area contributed by atoms with Crippen molar-refractivity contribution in [3.63, 3.8) is 0 Å². The highest BCUT2D eigenvalue weighted by Crippen LogP contribution is 2.28. The maximum atomic E-state index is 14.1. The highest BCUT2D eigenvalue weighted by molar-refractivity contribution is 9.10. The van der Waals surface area contributed by atoms with Crippen LogP contribution in [0.1, 0.15) is 51.5 Å². The lowest BCUT2D eigenvalue weighted by Crippen LogP contribution is -2.53. The molecule has 3 aromatic rings. The molecule has 0 saturated heterocycles. The lowest BCUT2D eigenvalue weighted by molar-refractivity contribution is -0.139. The van der Waals surface area contributed by atoms with Crippen LogP contribution in [0.5, 0.6) is 5.75 Å². The van der Waals surface area contributed by atoms with Crippen molar-refractivity contribution in [3.8, 4) is 5.75 Å². The Morgan fingerprint density at radius 2 is 1.70 bits per heavy atom. The summed E-state index contributed by atoms with van der Waals surface area (Å²) >= 11 is 9.51. The van der Waals surface area contributed by atoms with Gasteiger partial charge in [-0.1, -0.05) is 58.9 Å². The summed E-state index contributed by atoms with van der Waals surface area (Å²) < 4.78 is 35.4. The highest BCUT2D eigenvalue weighted by atomic mass is 79.9. The van der Waals surface area contributed by atoms with Crippen molar-refractivity contribution in [1.82, 2.24) is 10.2 Å². The molecule has 8 nitrogen and oxygen atoms in total. The van der Waals surface area contributed by atoms with Gasteiger partial charge in [0.1, 0.15) is 18.3 Å². The molecule has 43 heavy (non-hydrogen) atoms. The summed E-state index contributed by atoms with van der Waals surface area (Å²) in [5.41, 5.74) is 1.08. The molecule has 1 aliphatic rings. The first-order valence-corrected chi connectivity index (χ1v) is 17.0. The van der Waals surface area contributed by atoms with Gasteiger partial charge in [0.15, 0.2) is 0 Å². The average molecular weight is 691 g/mol. The standard InChI is InChI=1S/C32H37BrClN3O5S/c1-3-42-29-16-14-28(15-17-29)37(43(40,41)30-18-12-26(34)13-19-30)22-31(38)36(21-24-8-7-9-25(33)20-24)23(2)32(39)35-27-10-5-4-6-11-27/h7-9,12-20,23,27H,3-6,10-11,21-22H2,1-2H3,(H,35,39)/t23-/m1/s1. The third-order valence-corrected chi connectivity index (χ3v) is 10.0. The Hall–Kier alpha value is -3.08. The van der Waals surface area contributed by atoms with Crippen LogP contribution in [-0.2, 0) is 26.2 Å². The molecule has 0 heterocycles. The van der Waals surface area contributed by atoms with Gasteiger partial charge < -0.3 is 15.0 Å². The summed E-state index contributed by atoms with van der Waals surface area (Å²) in [6, 6.07) is 19.0. The maximum absolute atomic E-state index is 14.1. The number of carbonyl (C=O) groups excluding carboxylic acids is 2. The molecular weight excluding hydrogens is 654 g/mol. The van der Waals surface area contributed by atoms with Crippen LogP contribution >= 0.6 is 27.5 Å². The second-order valence-corrected chi connectivity index (χ2v) is 13.8. The smallest absolute Gasteiger partial charge is 0.264 e. The molecule has 0 radical (unpaired) electrons. The number of benzene rings is 3. The van der Waals surface area contributed by atoms with Crippen LogP contribution in [0, 0.1) is 0 Å². The van der Waals surface area contributed by atoms with Crippen molar-refractivity contribution in [1.29, 1.82) is 0 Å². The van der Waals surface area contributed by atoms with Gasteiger partial charge in [-0.2, -0.15) is 0 Å². The third kappa shape index (κ3) is 8.74. The topological polar surface area (TPSA) is 96.0 Å². The van der Waals surface area contributed by atoms with E-state index >= 15 is 0 Å². The van der Waals surface area contributed by atoms with E-state index < -0.39 is 28.5 Å². The Balaban J connectivity index is 1.68. The minimum Gasteiger partial charge on any atom is -0.494 e. The van der Waals surface area contributed by atoms with Crippen molar-refractivity contribution in [2.75, 3.05) is 17.5 Å². The first kappa shape index (κ1) is 32.8. The van der Waals surface area contributed by atoms with Gasteiger partial charge in [0.25, 0.3) is 10.0 Å². The van der Waals surface area contributed by atoms with Crippen molar-refractivity contribution in [3.05, 3.63) is 87.9 Å². The molecule has 3 aromatic carbocycles. The quantitative estimate of drug-likeness (QED) is 0.232. The van der Waals surface area contributed by atoms with Gasteiger partial charge in [-0.25, -0.2) is 8.42 Å². The second-order valence-electron chi connectivity index (χ2n) is 10.6. The zero-order valence-electron chi connectivity index (χ0n) is 24.3. The van der Waals surface area contributed by atoms with Gasteiger partial charge in [-0.15, -0.1) is 0 Å². The number of anilines is 1. The predicted molar refractivity (Wildman–Crippen MR) is 173 cm³/mol. The number of amides is 2. The van der Waals surface area contributed by atoms with Crippen LogP contribution < -0.4 is 14.4 Å². The molecule has 1 atom stereocenters. The number of halogens is 2. The van der Waals surface area contributed by atoms with Crippen LogP contribution in [0.15, 0.2) is 82.2 Å². The van der Waals surface area contributed by atoms with Crippen LogP contribution in [0.25, 0.3) is 0 Å². The summed E-state index contributed by atoms with van der Waals surface area (Å²) in [5, 5.41) is 3.50. The van der Waals surface area contributed by atoms with E-state index in [1.165, 1.54) is 29.2 Å². The molecule has 0 aromatic heterocycles. The van der Waals surface area contributed by atoms with Gasteiger partial charge in [0.05, 0.1) is 17.2 Å². The molecule has 0 aliphatic heterocycles. The summed E-state index contributed by atoms with van der Waals surface area (Å²) in [5.74, 6) is -0.202. The number of nitrogens with zero attached hydrogens (tertiary/aromatic N) is 2. The molecule has 1 saturated carbocycles. The number of ether oxygens (including phenoxy) is 1. The molecule has 0 bridgehead atoms. The van der Waals surface area contributed by atoms with E-state index in [0.29, 0.717) is 17.4 Å². The zero-order chi connectivity index (χ0) is 31.0. The average Bonchev–Trinajstić information content (AvgIpc) is 2.99. The lowest BCUT2D eigenvalue weighted by atomic mass is 9.95. The van der Waals surface area contributed by atoms with E-state index in [4.69, 9.17) is 16.3 Å². The molecular formula is C32H37BrClN3O5S. The molecule has 1 N–H and O–H groups in total. The Morgan fingerprint density at radius 3 is 2.33 bits per heavy atom. The van der Waals surface area contributed by atoms with E-state index in [-0.39, 0.29) is 29.1 Å². The Bertz CT molecular complexity index is 1500. The Kier molecular flexibility index (Phi) is 11.5. The number of rotatable bonds is 12. The summed E-state index contributed by atoms with van der Waals surface area (Å²) in [6.07, 6.45) is 5.07. The van der Waals surface area contributed by atoms with Gasteiger partial charge >= 0.3 is 0 Å². The SMILES string of the molecule is CCOc1ccc(N(CC(=O)N(Cc2cccc(Br)c2)[C@H](C)C(=O)NC2CCCCC2)S(=O)(=O)c2ccc(Cl)cc2)cc1. The third-order valence-electron chi connectivity index (χ3n) is 7.48. The Morgan fingerprint density at radius 1 is 1.02 bits per heavy atom. The first-order valence-electron chi connectivity index (χ1n) is 14.4. The van der Waals surface area contributed by atoms with E-state index in [1.807, 2.05) is 31.2 Å². The Labute approximate surface area is 267 Å². The first-order chi connectivity index (χ1) is 20.6. The fourth-order valence-corrected chi connectivity index (χ4v) is 7.11. The second kappa shape index (κ2) is 15.1. The molecule has 1 fully saturated rings. The van der Waals surface area contributed by atoms with Crippen LogP contribution in [-0.4, -0.2) is 50.4 Å². The lowest BCUT2D eigenvalue weighted by Gasteiger charge is -2.33. The van der Waals surface area contributed by atoms with Crippen molar-refractivity contribution < 1.29 is 22.7 Å². The van der Waals surface area contributed by atoms with E-state index in [9.17, 15) is 18.0 Å². The molecule has 1 aliphatic carbocycles. The normalized spacial score (nSPS) is 14.5. The van der Waals surface area contributed by atoms with Crippen molar-refractivity contribution in [2.24, 2.45) is 0 Å². The largest absolute Gasteiger partial charge is 0.494 e. The number of hydrogen-bond donors (Lipinski definition) is 1. The van der Waals surface area contributed by atoms with Crippen LogP contribution in [0.3, 0.4) is 0 Å². The van der Waals surface area contributed by atoms with E-state index in [2.05, 4.69) is 21.2 Å². The number of hydrogen-bond acceptors (Lipinski definition) is 5. The van der Waals surface area contributed by atoms with Gasteiger partial charge in [-0.3, -0.25) is 13.9 Å². The highest BCUT2D eigenvalue weighted by Gasteiger charge is 2.33. The molecule has 11 heteroatoms. The summed E-state index contributed by atoms with van der Waals surface area (Å²) in [6.45, 7) is 3.60. The molecule has 0 unspecified atom stereocenters. The number of nitrogens with one attached hydrogen (secondary N) is 1. The number of sulfonamides is 1. The molecule has 230 valence electrons. The minimum absolute atomic E-state index is 0.0137. The summed E-state index contributed by atoms with van der Waals surface area (Å²) in [7, 11) is -4.19. The van der Waals surface area contributed by atoms with Gasteiger partial charge in [0, 0.05) is 22.1 Å². The van der Waals surface area contributed by atoms with Crippen molar-refractivity contribution in [2.45, 2.75) is 69.5 Å². The van der Waals surface area contributed by atoms with Crippen LogP contribution in [0.4, 0.5) is 5.69 Å². The molecule has 2 amide bonds. The maximum Gasteiger partial charge on any atom is 0.264 e. The number of carbonyl (C=O) groups is 2. The van der Waals surface area contributed by atoms with E-state index in [0.717, 1.165) is 46.4 Å².